The second-order valence-corrected chi connectivity index (χ2v) is 6.74. The Morgan fingerprint density at radius 2 is 2.08 bits per heavy atom. The number of aromatic nitrogens is 3. The number of fused-ring (bicyclic) bond motifs is 1. The summed E-state index contributed by atoms with van der Waals surface area (Å²) in [6.07, 6.45) is 8.88. The number of H-pyrrole nitrogens is 1. The molecule has 6 nitrogen and oxygen atoms in total. The van der Waals surface area contributed by atoms with E-state index in [2.05, 4.69) is 26.6 Å². The number of nitrogens with zero attached hydrogens (tertiary/aromatic N) is 3. The highest BCUT2D eigenvalue weighted by molar-refractivity contribution is 5.80. The molecule has 4 N–H and O–H groups in total. The zero-order valence-electron chi connectivity index (χ0n) is 13.7. The molecule has 6 heteroatoms. The van der Waals surface area contributed by atoms with E-state index < -0.39 is 0 Å². The van der Waals surface area contributed by atoms with Gasteiger partial charge in [-0.05, 0) is 18.4 Å². The largest absolute Gasteiger partial charge is 0.383 e. The lowest BCUT2D eigenvalue weighted by molar-refractivity contribution is 0.437. The van der Waals surface area contributed by atoms with E-state index in [1.54, 1.807) is 0 Å². The van der Waals surface area contributed by atoms with Crippen LogP contribution in [-0.2, 0) is 13.0 Å². The molecule has 2 aromatic rings. The topological polar surface area (TPSA) is 103 Å². The molecule has 0 unspecified atom stereocenters. The minimum absolute atomic E-state index is 0.337. The van der Waals surface area contributed by atoms with Gasteiger partial charge >= 0.3 is 0 Å². The van der Waals surface area contributed by atoms with Crippen LogP contribution in [0.3, 0.4) is 0 Å². The summed E-state index contributed by atoms with van der Waals surface area (Å²) in [6.45, 7) is 1.62. The number of nitrogens with one attached hydrogen (secondary N) is 2. The van der Waals surface area contributed by atoms with E-state index in [1.165, 1.54) is 32.1 Å². The van der Waals surface area contributed by atoms with Crippen molar-refractivity contribution in [2.45, 2.75) is 51.0 Å². The van der Waals surface area contributed by atoms with Crippen LogP contribution in [0.4, 0.5) is 5.82 Å². The molecule has 0 atom stereocenters. The van der Waals surface area contributed by atoms with Crippen LogP contribution in [0.2, 0.25) is 0 Å². The van der Waals surface area contributed by atoms with E-state index in [-0.39, 0.29) is 0 Å². The Labute approximate surface area is 141 Å². The SMILES string of the molecule is N#Cc1c(N)nc2c(c1-c1cn[nH]c1C1CCCCC1)CNCC2. The van der Waals surface area contributed by atoms with Gasteiger partial charge in [-0.2, -0.15) is 10.4 Å². The maximum Gasteiger partial charge on any atom is 0.142 e. The number of anilines is 1. The average Bonchev–Trinajstić information content (AvgIpc) is 3.10. The Kier molecular flexibility index (Phi) is 3.95. The molecule has 1 fully saturated rings. The summed E-state index contributed by atoms with van der Waals surface area (Å²) in [5.74, 6) is 0.827. The Balaban J connectivity index is 1.89. The highest BCUT2D eigenvalue weighted by Gasteiger charge is 2.27. The lowest BCUT2D eigenvalue weighted by Gasteiger charge is -2.24. The normalized spacial score (nSPS) is 18.1. The molecule has 0 spiro atoms. The number of hydrogen-bond acceptors (Lipinski definition) is 5. The van der Waals surface area contributed by atoms with Gasteiger partial charge in [-0.25, -0.2) is 4.98 Å². The average molecular weight is 322 g/mol. The number of pyridine rings is 1. The van der Waals surface area contributed by atoms with E-state index >= 15 is 0 Å². The summed E-state index contributed by atoms with van der Waals surface area (Å²) >= 11 is 0. The van der Waals surface area contributed by atoms with Gasteiger partial charge in [0.05, 0.1) is 6.20 Å². The molecule has 0 saturated heterocycles. The van der Waals surface area contributed by atoms with Crippen LogP contribution < -0.4 is 11.1 Å². The molecular formula is C18H22N6. The fourth-order valence-corrected chi connectivity index (χ4v) is 4.12. The van der Waals surface area contributed by atoms with Gasteiger partial charge in [0.25, 0.3) is 0 Å². The fourth-order valence-electron chi connectivity index (χ4n) is 4.12. The van der Waals surface area contributed by atoms with Gasteiger partial charge in [0.15, 0.2) is 0 Å². The molecule has 0 bridgehead atoms. The second-order valence-electron chi connectivity index (χ2n) is 6.74. The highest BCUT2D eigenvalue weighted by Crippen LogP contribution is 2.40. The van der Waals surface area contributed by atoms with Gasteiger partial charge in [-0.3, -0.25) is 5.10 Å². The summed E-state index contributed by atoms with van der Waals surface area (Å²) in [7, 11) is 0. The van der Waals surface area contributed by atoms with Crippen molar-refractivity contribution in [3.63, 3.8) is 0 Å². The van der Waals surface area contributed by atoms with Crippen LogP contribution in [0.1, 0.15) is 60.5 Å². The van der Waals surface area contributed by atoms with Crippen LogP contribution in [0.5, 0.6) is 0 Å². The van der Waals surface area contributed by atoms with Crippen molar-refractivity contribution in [2.24, 2.45) is 0 Å². The van der Waals surface area contributed by atoms with Crippen molar-refractivity contribution in [1.29, 1.82) is 5.26 Å². The molecule has 2 aliphatic rings. The first-order valence-corrected chi connectivity index (χ1v) is 8.75. The third kappa shape index (κ3) is 2.45. The first kappa shape index (κ1) is 15.2. The summed E-state index contributed by atoms with van der Waals surface area (Å²) in [4.78, 5) is 4.48. The molecule has 1 aliphatic heterocycles. The molecule has 24 heavy (non-hydrogen) atoms. The molecule has 4 rings (SSSR count). The zero-order valence-corrected chi connectivity index (χ0v) is 13.7. The second kappa shape index (κ2) is 6.25. The first-order chi connectivity index (χ1) is 11.8. The highest BCUT2D eigenvalue weighted by atomic mass is 15.1. The lowest BCUT2D eigenvalue weighted by atomic mass is 9.83. The quantitative estimate of drug-likeness (QED) is 0.788. The van der Waals surface area contributed by atoms with Crippen molar-refractivity contribution in [3.05, 3.63) is 28.7 Å². The minimum Gasteiger partial charge on any atom is -0.383 e. The van der Waals surface area contributed by atoms with E-state index in [0.717, 1.165) is 47.6 Å². The van der Waals surface area contributed by atoms with Crippen LogP contribution in [-0.4, -0.2) is 21.7 Å². The van der Waals surface area contributed by atoms with Crippen molar-refractivity contribution in [2.75, 3.05) is 12.3 Å². The summed E-state index contributed by atoms with van der Waals surface area (Å²) < 4.78 is 0. The van der Waals surface area contributed by atoms with Gasteiger partial charge in [0.1, 0.15) is 17.5 Å². The van der Waals surface area contributed by atoms with Crippen molar-refractivity contribution >= 4 is 5.82 Å². The summed E-state index contributed by atoms with van der Waals surface area (Å²) in [6, 6.07) is 2.28. The Bertz CT molecular complexity index is 795. The van der Waals surface area contributed by atoms with E-state index in [9.17, 15) is 5.26 Å². The standard InChI is InChI=1S/C18H22N6/c19-8-12-16(13-9-21-7-6-15(13)23-18(12)20)14-10-22-24-17(14)11-4-2-1-3-5-11/h10-11,21H,1-7,9H2,(H2,20,23)(H,22,24). The van der Waals surface area contributed by atoms with Gasteiger partial charge in [0.2, 0.25) is 0 Å². The van der Waals surface area contributed by atoms with E-state index in [4.69, 9.17) is 5.73 Å². The maximum absolute atomic E-state index is 9.68. The number of nitrogen functional groups attached to an aromatic ring is 1. The fraction of sp³-hybridized carbons (Fsp3) is 0.500. The molecular weight excluding hydrogens is 300 g/mol. The molecule has 124 valence electrons. The Morgan fingerprint density at radius 3 is 2.88 bits per heavy atom. The minimum atomic E-state index is 0.337. The maximum atomic E-state index is 9.68. The molecule has 0 amide bonds. The van der Waals surface area contributed by atoms with Gasteiger partial charge in [0, 0.05) is 47.9 Å². The molecule has 1 aliphatic carbocycles. The zero-order chi connectivity index (χ0) is 16.5. The predicted molar refractivity (Wildman–Crippen MR) is 92.2 cm³/mol. The monoisotopic (exact) mass is 322 g/mol. The predicted octanol–water partition coefficient (Wildman–Crippen LogP) is 2.62. The molecule has 3 heterocycles. The van der Waals surface area contributed by atoms with Crippen LogP contribution in [0, 0.1) is 11.3 Å². The number of aromatic amines is 1. The van der Waals surface area contributed by atoms with Crippen molar-refractivity contribution < 1.29 is 0 Å². The Hall–Kier alpha value is -2.39. The Morgan fingerprint density at radius 1 is 1.25 bits per heavy atom. The summed E-state index contributed by atoms with van der Waals surface area (Å²) in [5.41, 5.74) is 11.8. The van der Waals surface area contributed by atoms with Crippen LogP contribution >= 0.6 is 0 Å². The van der Waals surface area contributed by atoms with Crippen molar-refractivity contribution in [3.8, 4) is 17.2 Å². The van der Waals surface area contributed by atoms with Crippen LogP contribution in [0.25, 0.3) is 11.1 Å². The molecule has 0 aromatic carbocycles. The molecule has 0 radical (unpaired) electrons. The first-order valence-electron chi connectivity index (χ1n) is 8.75. The number of nitriles is 1. The third-order valence-corrected chi connectivity index (χ3v) is 5.32. The smallest absolute Gasteiger partial charge is 0.142 e. The number of hydrogen-bond donors (Lipinski definition) is 3. The van der Waals surface area contributed by atoms with Gasteiger partial charge in [-0.15, -0.1) is 0 Å². The molecule has 1 saturated carbocycles. The van der Waals surface area contributed by atoms with E-state index in [1.807, 2.05) is 6.20 Å². The lowest BCUT2D eigenvalue weighted by Crippen LogP contribution is -2.26. The third-order valence-electron chi connectivity index (χ3n) is 5.32. The summed E-state index contributed by atoms with van der Waals surface area (Å²) in [5, 5.41) is 20.6. The van der Waals surface area contributed by atoms with Gasteiger partial charge < -0.3 is 11.1 Å². The number of nitrogens with two attached hydrogens (primary N) is 1. The van der Waals surface area contributed by atoms with Gasteiger partial charge in [-0.1, -0.05) is 19.3 Å². The van der Waals surface area contributed by atoms with E-state index in [0.29, 0.717) is 17.3 Å². The molecule has 2 aromatic heterocycles. The number of rotatable bonds is 2. The van der Waals surface area contributed by atoms with Crippen LogP contribution in [0.15, 0.2) is 6.20 Å². The van der Waals surface area contributed by atoms with Crippen molar-refractivity contribution in [1.82, 2.24) is 20.5 Å².